The second-order valence-corrected chi connectivity index (χ2v) is 7.86. The van der Waals surface area contributed by atoms with Gasteiger partial charge >= 0.3 is 0 Å². The summed E-state index contributed by atoms with van der Waals surface area (Å²) in [5.74, 6) is 0.663. The normalized spacial score (nSPS) is 19.8. The van der Waals surface area contributed by atoms with Crippen LogP contribution < -0.4 is 4.74 Å². The molecule has 2 aromatic carbocycles. The van der Waals surface area contributed by atoms with Gasteiger partial charge in [-0.15, -0.1) is 0 Å². The van der Waals surface area contributed by atoms with Crippen molar-refractivity contribution in [1.29, 1.82) is 0 Å². The number of piperidine rings is 1. The number of H-pyrrole nitrogens is 1. The van der Waals surface area contributed by atoms with Gasteiger partial charge in [0.2, 0.25) is 0 Å². The predicted molar refractivity (Wildman–Crippen MR) is 110 cm³/mol. The molecule has 2 N–H and O–H groups in total. The van der Waals surface area contributed by atoms with Crippen molar-refractivity contribution < 1.29 is 14.6 Å². The van der Waals surface area contributed by atoms with Crippen LogP contribution in [-0.2, 0) is 0 Å². The third kappa shape index (κ3) is 3.76. The highest BCUT2D eigenvalue weighted by atomic mass is 16.5. The van der Waals surface area contributed by atoms with E-state index in [2.05, 4.69) is 11.9 Å². The number of aliphatic hydroxyl groups is 1. The summed E-state index contributed by atoms with van der Waals surface area (Å²) in [4.78, 5) is 17.9. The van der Waals surface area contributed by atoms with Gasteiger partial charge in [-0.25, -0.2) is 0 Å². The number of aromatic amines is 1. The number of benzene rings is 2. The Bertz CT molecular complexity index is 977. The summed E-state index contributed by atoms with van der Waals surface area (Å²) in [5.41, 5.74) is 2.82. The van der Waals surface area contributed by atoms with Gasteiger partial charge < -0.3 is 19.7 Å². The number of aryl methyl sites for hydroxylation is 2. The lowest BCUT2D eigenvalue weighted by Crippen LogP contribution is -2.53. The molecule has 2 heterocycles. The monoisotopic (exact) mass is 378 g/mol. The Hall–Kier alpha value is -2.79. The number of likely N-dealkylation sites (tertiary alicyclic amines) is 1. The summed E-state index contributed by atoms with van der Waals surface area (Å²) in [5, 5.41) is 12.0. The Labute approximate surface area is 164 Å². The number of fused-ring (bicyclic) bond motifs is 1. The molecule has 0 radical (unpaired) electrons. The molecule has 0 saturated carbocycles. The highest BCUT2D eigenvalue weighted by Crippen LogP contribution is 2.26. The largest absolute Gasteiger partial charge is 0.491 e. The SMILES string of the molecule is Cc1ccc(OCC2(O)CCCN(C(=O)c3cc4ccccc4[nH]3)C2)cc1C. The Morgan fingerprint density at radius 2 is 2.00 bits per heavy atom. The number of hydrogen-bond acceptors (Lipinski definition) is 3. The maximum absolute atomic E-state index is 13.0. The first-order valence-electron chi connectivity index (χ1n) is 9.73. The van der Waals surface area contributed by atoms with E-state index in [9.17, 15) is 9.90 Å². The van der Waals surface area contributed by atoms with Crippen LogP contribution in [0.25, 0.3) is 10.9 Å². The molecule has 1 amide bonds. The Kier molecular flexibility index (Phi) is 4.85. The first-order valence-corrected chi connectivity index (χ1v) is 9.73. The molecular formula is C23H26N2O3. The van der Waals surface area contributed by atoms with Gasteiger partial charge in [-0.05, 0) is 62.1 Å². The number of carbonyl (C=O) groups excluding carboxylic acids is 1. The molecular weight excluding hydrogens is 352 g/mol. The average Bonchev–Trinajstić information content (AvgIpc) is 3.12. The number of para-hydroxylation sites is 1. The molecule has 1 atom stereocenters. The van der Waals surface area contributed by atoms with Gasteiger partial charge in [0.15, 0.2) is 0 Å². The van der Waals surface area contributed by atoms with Gasteiger partial charge in [0, 0.05) is 17.4 Å². The minimum Gasteiger partial charge on any atom is -0.491 e. The quantitative estimate of drug-likeness (QED) is 0.725. The summed E-state index contributed by atoms with van der Waals surface area (Å²) in [6.45, 7) is 5.18. The smallest absolute Gasteiger partial charge is 0.270 e. The molecule has 5 nitrogen and oxygen atoms in total. The number of rotatable bonds is 4. The Balaban J connectivity index is 1.45. The summed E-state index contributed by atoms with van der Waals surface area (Å²) in [7, 11) is 0. The Morgan fingerprint density at radius 1 is 1.18 bits per heavy atom. The van der Waals surface area contributed by atoms with Crippen molar-refractivity contribution in [3.05, 3.63) is 65.4 Å². The molecule has 146 valence electrons. The summed E-state index contributed by atoms with van der Waals surface area (Å²) >= 11 is 0. The number of amides is 1. The van der Waals surface area contributed by atoms with Gasteiger partial charge in [0.1, 0.15) is 23.7 Å². The van der Waals surface area contributed by atoms with Crippen molar-refractivity contribution in [3.63, 3.8) is 0 Å². The molecule has 4 rings (SSSR count). The van der Waals surface area contributed by atoms with Crippen LogP contribution in [0, 0.1) is 13.8 Å². The van der Waals surface area contributed by atoms with Crippen molar-refractivity contribution in [2.45, 2.75) is 32.3 Å². The summed E-state index contributed by atoms with van der Waals surface area (Å²) in [6.07, 6.45) is 1.37. The number of hydrogen-bond donors (Lipinski definition) is 2. The second kappa shape index (κ2) is 7.32. The van der Waals surface area contributed by atoms with E-state index < -0.39 is 5.60 Å². The van der Waals surface area contributed by atoms with E-state index in [0.717, 1.165) is 28.6 Å². The molecule has 1 saturated heterocycles. The highest BCUT2D eigenvalue weighted by Gasteiger charge is 2.36. The van der Waals surface area contributed by atoms with Crippen molar-refractivity contribution in [3.8, 4) is 5.75 Å². The van der Waals surface area contributed by atoms with Crippen LogP contribution in [-0.4, -0.2) is 46.2 Å². The first-order chi connectivity index (χ1) is 13.4. The second-order valence-electron chi connectivity index (χ2n) is 7.86. The fourth-order valence-electron chi connectivity index (χ4n) is 3.78. The molecule has 1 aromatic heterocycles. The van der Waals surface area contributed by atoms with E-state index in [0.29, 0.717) is 18.7 Å². The minimum absolute atomic E-state index is 0.0829. The maximum atomic E-state index is 13.0. The van der Waals surface area contributed by atoms with Gasteiger partial charge in [0.05, 0.1) is 6.54 Å². The van der Waals surface area contributed by atoms with E-state index in [1.165, 1.54) is 5.56 Å². The van der Waals surface area contributed by atoms with Crippen molar-refractivity contribution >= 4 is 16.8 Å². The van der Waals surface area contributed by atoms with Crippen LogP contribution in [0.3, 0.4) is 0 Å². The van der Waals surface area contributed by atoms with Crippen molar-refractivity contribution in [1.82, 2.24) is 9.88 Å². The summed E-state index contributed by atoms with van der Waals surface area (Å²) in [6, 6.07) is 15.6. The lowest BCUT2D eigenvalue weighted by Gasteiger charge is -2.38. The van der Waals surface area contributed by atoms with Crippen molar-refractivity contribution in [2.24, 2.45) is 0 Å². The van der Waals surface area contributed by atoms with Gasteiger partial charge in [-0.1, -0.05) is 24.3 Å². The van der Waals surface area contributed by atoms with Crippen LogP contribution in [0.1, 0.15) is 34.5 Å². The topological polar surface area (TPSA) is 65.6 Å². The Morgan fingerprint density at radius 3 is 2.79 bits per heavy atom. The fraction of sp³-hybridized carbons (Fsp3) is 0.348. The molecule has 0 spiro atoms. The van der Waals surface area contributed by atoms with Crippen molar-refractivity contribution in [2.75, 3.05) is 19.7 Å². The number of aromatic nitrogens is 1. The fourth-order valence-corrected chi connectivity index (χ4v) is 3.78. The summed E-state index contributed by atoms with van der Waals surface area (Å²) < 4.78 is 5.87. The zero-order valence-electron chi connectivity index (χ0n) is 16.4. The van der Waals surface area contributed by atoms with Crippen LogP contribution in [0.15, 0.2) is 48.5 Å². The molecule has 0 aliphatic carbocycles. The lowest BCUT2D eigenvalue weighted by molar-refractivity contribution is -0.0532. The highest BCUT2D eigenvalue weighted by molar-refractivity contribution is 5.98. The third-order valence-corrected chi connectivity index (χ3v) is 5.59. The lowest BCUT2D eigenvalue weighted by atomic mass is 9.93. The molecule has 1 fully saturated rings. The van der Waals surface area contributed by atoms with Crippen LogP contribution in [0.4, 0.5) is 0 Å². The average molecular weight is 378 g/mol. The first kappa shape index (κ1) is 18.6. The zero-order chi connectivity index (χ0) is 19.7. The number of β-amino-alcohol motifs (C(OH)–C–C–N with tert-alkyl or cyclic N) is 1. The molecule has 1 aliphatic heterocycles. The number of nitrogens with one attached hydrogen (secondary N) is 1. The van der Waals surface area contributed by atoms with Crippen LogP contribution >= 0.6 is 0 Å². The predicted octanol–water partition coefficient (Wildman–Crippen LogP) is 3.83. The van der Waals surface area contributed by atoms with Gasteiger partial charge in [-0.3, -0.25) is 4.79 Å². The maximum Gasteiger partial charge on any atom is 0.270 e. The minimum atomic E-state index is -1.04. The van der Waals surface area contributed by atoms with E-state index >= 15 is 0 Å². The number of nitrogens with zero attached hydrogens (tertiary/aromatic N) is 1. The molecule has 1 aliphatic rings. The van der Waals surface area contributed by atoms with Gasteiger partial charge in [0.25, 0.3) is 5.91 Å². The van der Waals surface area contributed by atoms with Crippen LogP contribution in [0.5, 0.6) is 5.75 Å². The standard InChI is InChI=1S/C23H26N2O3/c1-16-8-9-19(12-17(16)2)28-15-23(27)10-5-11-25(14-23)22(26)21-13-18-6-3-4-7-20(18)24-21/h3-4,6-9,12-13,24,27H,5,10-11,14-15H2,1-2H3. The third-order valence-electron chi connectivity index (χ3n) is 5.59. The van der Waals surface area contributed by atoms with E-state index in [1.54, 1.807) is 4.90 Å². The number of ether oxygens (including phenoxy) is 1. The van der Waals surface area contributed by atoms with E-state index in [4.69, 9.17) is 4.74 Å². The molecule has 0 bridgehead atoms. The van der Waals surface area contributed by atoms with Crippen LogP contribution in [0.2, 0.25) is 0 Å². The van der Waals surface area contributed by atoms with E-state index in [-0.39, 0.29) is 19.1 Å². The molecule has 5 heteroatoms. The molecule has 3 aromatic rings. The molecule has 28 heavy (non-hydrogen) atoms. The zero-order valence-corrected chi connectivity index (χ0v) is 16.4. The number of carbonyl (C=O) groups is 1. The van der Waals surface area contributed by atoms with E-state index in [1.807, 2.05) is 55.5 Å². The van der Waals surface area contributed by atoms with Gasteiger partial charge in [-0.2, -0.15) is 0 Å². The molecule has 1 unspecified atom stereocenters.